The number of hydrogen-bond acceptors (Lipinski definition) is 8. The molecule has 212 valence electrons. The average molecular weight is 556 g/mol. The standard InChI is InChI=1S/C32H33N3O6/c1-31(2,3)40-30(38)34-26-15-13-22(39-19-20-10-8-7-9-11-20)17-24(26)28(33-34)29-25(18-36)23-16-21(37)12-14-27(23)35(29)41-32(4,5)6/h7-17,29,37H,19H2,1-6H3. The molecule has 0 saturated heterocycles. The number of fused-ring (bicyclic) bond motifs is 2. The summed E-state index contributed by atoms with van der Waals surface area (Å²) in [6.45, 7) is 11.3. The van der Waals surface area contributed by atoms with Gasteiger partial charge in [-0.1, -0.05) is 30.3 Å². The minimum Gasteiger partial charge on any atom is -0.508 e. The SMILES string of the molecule is CC(C)(C)OC(=O)n1nc(C2C(=C=O)c3cc(O)ccc3N2OC(C)(C)C)c2cc(OCc3ccccc3)ccc21. The molecule has 0 saturated carbocycles. The minimum atomic E-state index is -0.876. The molecular formula is C32H33N3O6. The summed E-state index contributed by atoms with van der Waals surface area (Å²) in [5.41, 5.74) is 1.67. The van der Waals surface area contributed by atoms with Gasteiger partial charge in [-0.2, -0.15) is 9.78 Å². The lowest BCUT2D eigenvalue weighted by Crippen LogP contribution is -2.35. The summed E-state index contributed by atoms with van der Waals surface area (Å²) < 4.78 is 12.9. The number of nitrogens with zero attached hydrogens (tertiary/aromatic N) is 3. The molecule has 0 bridgehead atoms. The Balaban J connectivity index is 1.68. The number of hydrogen-bond donors (Lipinski definition) is 1. The molecule has 41 heavy (non-hydrogen) atoms. The molecule has 0 amide bonds. The lowest BCUT2D eigenvalue weighted by atomic mass is 9.99. The van der Waals surface area contributed by atoms with Crippen molar-refractivity contribution in [2.75, 3.05) is 5.06 Å². The van der Waals surface area contributed by atoms with E-state index in [2.05, 4.69) is 5.94 Å². The monoisotopic (exact) mass is 555 g/mol. The highest BCUT2D eigenvalue weighted by atomic mass is 16.7. The van der Waals surface area contributed by atoms with Crippen LogP contribution in [0, 0.1) is 0 Å². The number of ether oxygens (including phenoxy) is 2. The molecule has 0 fully saturated rings. The maximum atomic E-state index is 13.3. The second-order valence-corrected chi connectivity index (χ2v) is 11.9. The number of phenolic OH excluding ortho intramolecular Hbond substituents is 1. The van der Waals surface area contributed by atoms with Gasteiger partial charge in [-0.05, 0) is 83.5 Å². The number of phenols is 1. The predicted octanol–water partition coefficient (Wildman–Crippen LogP) is 6.61. The van der Waals surface area contributed by atoms with Crippen molar-refractivity contribution < 1.29 is 29.0 Å². The average Bonchev–Trinajstić information content (AvgIpc) is 3.40. The number of hydroxylamine groups is 1. The van der Waals surface area contributed by atoms with E-state index in [4.69, 9.17) is 19.4 Å². The molecule has 1 aromatic heterocycles. The second-order valence-electron chi connectivity index (χ2n) is 11.9. The molecule has 1 aliphatic heterocycles. The topological polar surface area (TPSA) is 103 Å². The molecule has 1 unspecified atom stereocenters. The van der Waals surface area contributed by atoms with Gasteiger partial charge in [0.2, 0.25) is 0 Å². The van der Waals surface area contributed by atoms with Crippen molar-refractivity contribution in [2.45, 2.75) is 65.4 Å². The fraction of sp³-hybridized carbons (Fsp3) is 0.312. The minimum absolute atomic E-state index is 0.00593. The van der Waals surface area contributed by atoms with Crippen LogP contribution < -0.4 is 9.80 Å². The molecule has 5 rings (SSSR count). The first-order valence-corrected chi connectivity index (χ1v) is 13.3. The Kier molecular flexibility index (Phi) is 7.11. The third-order valence-electron chi connectivity index (χ3n) is 6.25. The maximum absolute atomic E-state index is 13.3. The van der Waals surface area contributed by atoms with Gasteiger partial charge in [0, 0.05) is 10.9 Å². The van der Waals surface area contributed by atoms with Crippen molar-refractivity contribution in [3.8, 4) is 11.5 Å². The van der Waals surface area contributed by atoms with Gasteiger partial charge in [0.05, 0.1) is 22.4 Å². The summed E-state index contributed by atoms with van der Waals surface area (Å²) >= 11 is 0. The third kappa shape index (κ3) is 5.82. The predicted molar refractivity (Wildman–Crippen MR) is 155 cm³/mol. The van der Waals surface area contributed by atoms with Gasteiger partial charge in [0.1, 0.15) is 41.4 Å². The van der Waals surface area contributed by atoms with Crippen molar-refractivity contribution >= 4 is 34.2 Å². The van der Waals surface area contributed by atoms with Gasteiger partial charge in [-0.15, -0.1) is 0 Å². The van der Waals surface area contributed by atoms with E-state index in [9.17, 15) is 14.7 Å². The van der Waals surface area contributed by atoms with Crippen LogP contribution >= 0.6 is 0 Å². The van der Waals surface area contributed by atoms with Crippen molar-refractivity contribution in [1.29, 1.82) is 0 Å². The summed E-state index contributed by atoms with van der Waals surface area (Å²) in [6.07, 6.45) is -0.667. The van der Waals surface area contributed by atoms with Crippen molar-refractivity contribution in [3.05, 3.63) is 83.6 Å². The zero-order valence-corrected chi connectivity index (χ0v) is 24.0. The zero-order chi connectivity index (χ0) is 29.5. The lowest BCUT2D eigenvalue weighted by molar-refractivity contribution is -0.0265. The van der Waals surface area contributed by atoms with Crippen LogP contribution in [0.3, 0.4) is 0 Å². The van der Waals surface area contributed by atoms with Crippen LogP contribution in [0.2, 0.25) is 0 Å². The smallest absolute Gasteiger partial charge is 0.435 e. The lowest BCUT2D eigenvalue weighted by Gasteiger charge is -2.32. The Morgan fingerprint density at radius 3 is 2.37 bits per heavy atom. The van der Waals surface area contributed by atoms with Crippen LogP contribution in [-0.2, 0) is 21.0 Å². The van der Waals surface area contributed by atoms with Gasteiger partial charge in [0.25, 0.3) is 0 Å². The van der Waals surface area contributed by atoms with E-state index in [1.807, 2.05) is 51.1 Å². The Bertz CT molecular complexity index is 1660. The van der Waals surface area contributed by atoms with E-state index in [0.717, 1.165) is 5.56 Å². The van der Waals surface area contributed by atoms with Crippen molar-refractivity contribution in [3.63, 3.8) is 0 Å². The summed E-state index contributed by atoms with van der Waals surface area (Å²) in [7, 11) is 0. The summed E-state index contributed by atoms with van der Waals surface area (Å²) in [5, 5.41) is 17.1. The third-order valence-corrected chi connectivity index (χ3v) is 6.25. The van der Waals surface area contributed by atoms with Crippen LogP contribution in [0.25, 0.3) is 16.5 Å². The molecule has 4 aromatic rings. The second kappa shape index (κ2) is 10.4. The quantitative estimate of drug-likeness (QED) is 0.275. The molecule has 0 spiro atoms. The Hall–Kier alpha value is -4.59. The van der Waals surface area contributed by atoms with Crippen LogP contribution in [-0.4, -0.2) is 38.1 Å². The molecule has 0 radical (unpaired) electrons. The van der Waals surface area contributed by atoms with E-state index in [1.165, 1.54) is 16.8 Å². The molecule has 2 heterocycles. The van der Waals surface area contributed by atoms with E-state index in [1.54, 1.807) is 50.1 Å². The van der Waals surface area contributed by atoms with E-state index >= 15 is 0 Å². The number of aromatic hydroxyl groups is 1. The molecule has 1 atom stereocenters. The summed E-state index contributed by atoms with van der Waals surface area (Å²) in [5.74, 6) is 2.60. The van der Waals surface area contributed by atoms with Crippen LogP contribution in [0.1, 0.15) is 64.4 Å². The first-order valence-electron chi connectivity index (χ1n) is 13.3. The number of carbonyl (C=O) groups is 1. The number of aromatic nitrogens is 2. The number of benzene rings is 3. The fourth-order valence-corrected chi connectivity index (χ4v) is 4.69. The normalized spacial score (nSPS) is 15.1. The molecule has 1 aliphatic rings. The Morgan fingerprint density at radius 2 is 1.71 bits per heavy atom. The van der Waals surface area contributed by atoms with E-state index < -0.39 is 23.3 Å². The summed E-state index contributed by atoms with van der Waals surface area (Å²) in [4.78, 5) is 32.2. The molecule has 9 nitrogen and oxygen atoms in total. The van der Waals surface area contributed by atoms with Gasteiger partial charge < -0.3 is 14.6 Å². The van der Waals surface area contributed by atoms with E-state index in [-0.39, 0.29) is 11.3 Å². The van der Waals surface area contributed by atoms with E-state index in [0.29, 0.717) is 40.2 Å². The van der Waals surface area contributed by atoms with Gasteiger partial charge in [0.15, 0.2) is 0 Å². The van der Waals surface area contributed by atoms with Crippen LogP contribution in [0.5, 0.6) is 11.5 Å². The van der Waals surface area contributed by atoms with Gasteiger partial charge in [-0.3, -0.25) is 4.84 Å². The Labute approximate surface area is 238 Å². The highest BCUT2D eigenvalue weighted by Gasteiger charge is 2.42. The molecular weight excluding hydrogens is 522 g/mol. The zero-order valence-electron chi connectivity index (χ0n) is 24.0. The van der Waals surface area contributed by atoms with Crippen LogP contribution in [0.4, 0.5) is 10.5 Å². The Morgan fingerprint density at radius 1 is 0.976 bits per heavy atom. The number of carbonyl (C=O) groups excluding carboxylic acids is 2. The number of rotatable bonds is 5. The molecule has 1 N–H and O–H groups in total. The first-order chi connectivity index (χ1) is 19.3. The van der Waals surface area contributed by atoms with Crippen molar-refractivity contribution in [1.82, 2.24) is 9.78 Å². The highest BCUT2D eigenvalue weighted by molar-refractivity contribution is 6.03. The van der Waals surface area contributed by atoms with Gasteiger partial charge >= 0.3 is 6.09 Å². The maximum Gasteiger partial charge on any atom is 0.435 e. The number of anilines is 1. The van der Waals surface area contributed by atoms with Crippen LogP contribution in [0.15, 0.2) is 66.7 Å². The summed E-state index contributed by atoms with van der Waals surface area (Å²) in [6, 6.07) is 18.9. The van der Waals surface area contributed by atoms with Gasteiger partial charge in [-0.25, -0.2) is 14.7 Å². The van der Waals surface area contributed by atoms with Crippen molar-refractivity contribution in [2.24, 2.45) is 0 Å². The fourth-order valence-electron chi connectivity index (χ4n) is 4.69. The largest absolute Gasteiger partial charge is 0.508 e. The highest BCUT2D eigenvalue weighted by Crippen LogP contribution is 2.50. The first kappa shape index (κ1) is 28.0. The molecule has 3 aromatic carbocycles. The molecule has 9 heteroatoms. The molecule has 0 aliphatic carbocycles.